The van der Waals surface area contributed by atoms with Gasteiger partial charge in [0.05, 0.1) is 5.69 Å². The molecule has 4 amide bonds. The zero-order chi connectivity index (χ0) is 18.0. The van der Waals surface area contributed by atoms with Crippen LogP contribution in [0.25, 0.3) is 0 Å². The van der Waals surface area contributed by atoms with Gasteiger partial charge in [0, 0.05) is 5.02 Å². The summed E-state index contributed by atoms with van der Waals surface area (Å²) in [6.07, 6.45) is 4.95. The van der Waals surface area contributed by atoms with Gasteiger partial charge in [-0.2, -0.15) is 0 Å². The Morgan fingerprint density at radius 2 is 1.92 bits per heavy atom. The fourth-order valence-electron chi connectivity index (χ4n) is 3.41. The number of carbonyl (C=O) groups is 3. The van der Waals surface area contributed by atoms with Gasteiger partial charge in [-0.3, -0.25) is 14.5 Å². The number of anilines is 1. The van der Waals surface area contributed by atoms with Crippen molar-refractivity contribution in [2.75, 3.05) is 11.9 Å². The molecule has 1 aromatic rings. The molecule has 1 spiro atoms. The average molecular weight is 368 g/mol. The molecule has 0 aromatic heterocycles. The molecule has 1 aliphatic heterocycles. The van der Waals surface area contributed by atoms with E-state index in [1.165, 1.54) is 12.1 Å². The number of carbonyl (C=O) groups excluding carboxylic acids is 3. The fraction of sp³-hybridized carbons (Fsp3) is 0.471. The second-order valence-electron chi connectivity index (χ2n) is 6.49. The van der Waals surface area contributed by atoms with Crippen LogP contribution in [0.4, 0.5) is 14.9 Å². The first-order valence-corrected chi connectivity index (χ1v) is 8.68. The maximum atomic E-state index is 13.7. The maximum Gasteiger partial charge on any atom is 0.325 e. The molecule has 3 rings (SSSR count). The van der Waals surface area contributed by atoms with Crippen molar-refractivity contribution in [2.45, 2.75) is 44.1 Å². The molecule has 0 unspecified atom stereocenters. The van der Waals surface area contributed by atoms with Crippen LogP contribution >= 0.6 is 11.6 Å². The minimum atomic E-state index is -0.889. The molecule has 1 saturated heterocycles. The maximum absolute atomic E-state index is 13.7. The number of hydrogen-bond acceptors (Lipinski definition) is 3. The van der Waals surface area contributed by atoms with Crippen LogP contribution in [-0.2, 0) is 9.59 Å². The highest BCUT2D eigenvalue weighted by molar-refractivity contribution is 6.30. The number of rotatable bonds is 3. The minimum Gasteiger partial charge on any atom is -0.323 e. The van der Waals surface area contributed by atoms with Crippen molar-refractivity contribution in [1.82, 2.24) is 10.2 Å². The van der Waals surface area contributed by atoms with Gasteiger partial charge in [-0.25, -0.2) is 9.18 Å². The van der Waals surface area contributed by atoms with Crippen LogP contribution in [-0.4, -0.2) is 34.8 Å². The van der Waals surface area contributed by atoms with Crippen molar-refractivity contribution < 1.29 is 18.8 Å². The SMILES string of the molecule is O=C(CN1C(=O)NC2(CCCCCC2)C1=O)Nc1ccc(Cl)cc1F. The van der Waals surface area contributed by atoms with Crippen molar-refractivity contribution in [3.63, 3.8) is 0 Å². The van der Waals surface area contributed by atoms with E-state index in [1.807, 2.05) is 0 Å². The van der Waals surface area contributed by atoms with E-state index in [4.69, 9.17) is 11.6 Å². The Hall–Kier alpha value is -2.15. The van der Waals surface area contributed by atoms with Gasteiger partial charge >= 0.3 is 6.03 Å². The molecule has 1 aromatic carbocycles. The van der Waals surface area contributed by atoms with Crippen molar-refractivity contribution >= 4 is 35.1 Å². The monoisotopic (exact) mass is 367 g/mol. The summed E-state index contributed by atoms with van der Waals surface area (Å²) in [6.45, 7) is -0.450. The van der Waals surface area contributed by atoms with Gasteiger partial charge in [0.2, 0.25) is 5.91 Å². The van der Waals surface area contributed by atoms with Crippen LogP contribution in [0.5, 0.6) is 0 Å². The Morgan fingerprint density at radius 1 is 1.24 bits per heavy atom. The van der Waals surface area contributed by atoms with Crippen LogP contribution in [0.3, 0.4) is 0 Å². The number of imide groups is 1. The van der Waals surface area contributed by atoms with E-state index in [-0.39, 0.29) is 16.6 Å². The molecule has 2 N–H and O–H groups in total. The summed E-state index contributed by atoms with van der Waals surface area (Å²) in [5, 5.41) is 5.33. The highest BCUT2D eigenvalue weighted by Gasteiger charge is 2.51. The first kappa shape index (κ1) is 17.7. The van der Waals surface area contributed by atoms with Crippen LogP contribution in [0.2, 0.25) is 5.02 Å². The summed E-state index contributed by atoms with van der Waals surface area (Å²) in [7, 11) is 0. The predicted octanol–water partition coefficient (Wildman–Crippen LogP) is 3.06. The quantitative estimate of drug-likeness (QED) is 0.806. The van der Waals surface area contributed by atoms with E-state index in [0.29, 0.717) is 12.8 Å². The third-order valence-corrected chi connectivity index (χ3v) is 4.95. The lowest BCUT2D eigenvalue weighted by Crippen LogP contribution is -2.47. The standard InChI is InChI=1S/C17H19ClFN3O3/c18-11-5-6-13(12(19)9-11)20-14(23)10-22-15(24)17(21-16(22)25)7-3-1-2-4-8-17/h5-6,9H,1-4,7-8,10H2,(H,20,23)(H,21,25). The Kier molecular flexibility index (Phi) is 4.94. The number of hydrogen-bond donors (Lipinski definition) is 2. The Bertz CT molecular complexity index is 717. The van der Waals surface area contributed by atoms with E-state index in [2.05, 4.69) is 10.6 Å². The summed E-state index contributed by atoms with van der Waals surface area (Å²) >= 11 is 5.67. The van der Waals surface area contributed by atoms with Gasteiger partial charge in [0.15, 0.2) is 0 Å². The first-order valence-electron chi connectivity index (χ1n) is 8.30. The van der Waals surface area contributed by atoms with Crippen molar-refractivity contribution in [1.29, 1.82) is 0 Å². The smallest absolute Gasteiger partial charge is 0.323 e. The number of benzene rings is 1. The number of urea groups is 1. The summed E-state index contributed by atoms with van der Waals surface area (Å²) in [4.78, 5) is 38.0. The zero-order valence-corrected chi connectivity index (χ0v) is 14.4. The molecule has 25 heavy (non-hydrogen) atoms. The molecule has 0 bridgehead atoms. The van der Waals surface area contributed by atoms with Crippen LogP contribution < -0.4 is 10.6 Å². The van der Waals surface area contributed by atoms with Gasteiger partial charge in [-0.1, -0.05) is 37.3 Å². The third-order valence-electron chi connectivity index (χ3n) is 4.71. The molecule has 1 saturated carbocycles. The number of amides is 4. The molecule has 2 fully saturated rings. The molecule has 0 radical (unpaired) electrons. The Balaban J connectivity index is 1.68. The van der Waals surface area contributed by atoms with Crippen molar-refractivity contribution in [2.24, 2.45) is 0 Å². The van der Waals surface area contributed by atoms with Gasteiger partial charge in [0.25, 0.3) is 5.91 Å². The van der Waals surface area contributed by atoms with E-state index in [9.17, 15) is 18.8 Å². The fourth-order valence-corrected chi connectivity index (χ4v) is 3.57. The average Bonchev–Trinajstić information content (AvgIpc) is 2.73. The van der Waals surface area contributed by atoms with Crippen molar-refractivity contribution in [3.8, 4) is 0 Å². The largest absolute Gasteiger partial charge is 0.325 e. The topological polar surface area (TPSA) is 78.5 Å². The molecular formula is C17H19ClFN3O3. The van der Waals surface area contributed by atoms with E-state index >= 15 is 0 Å². The minimum absolute atomic E-state index is 0.0503. The van der Waals surface area contributed by atoms with Gasteiger partial charge in [-0.05, 0) is 31.0 Å². The highest BCUT2D eigenvalue weighted by Crippen LogP contribution is 2.32. The Labute approximate surface area is 149 Å². The van der Waals surface area contributed by atoms with E-state index < -0.39 is 29.8 Å². The lowest BCUT2D eigenvalue weighted by molar-refractivity contribution is -0.134. The summed E-state index contributed by atoms with van der Waals surface area (Å²) in [5.74, 6) is -1.69. The molecule has 1 heterocycles. The zero-order valence-electron chi connectivity index (χ0n) is 13.6. The second kappa shape index (κ2) is 7.00. The normalized spacial score (nSPS) is 19.7. The number of halogens is 2. The van der Waals surface area contributed by atoms with Gasteiger partial charge in [-0.15, -0.1) is 0 Å². The molecule has 2 aliphatic rings. The number of nitrogens with zero attached hydrogens (tertiary/aromatic N) is 1. The molecule has 0 atom stereocenters. The second-order valence-corrected chi connectivity index (χ2v) is 6.93. The highest BCUT2D eigenvalue weighted by atomic mass is 35.5. The lowest BCUT2D eigenvalue weighted by Gasteiger charge is -2.24. The summed E-state index contributed by atoms with van der Waals surface area (Å²) in [6, 6.07) is 3.27. The number of nitrogens with one attached hydrogen (secondary N) is 2. The lowest BCUT2D eigenvalue weighted by atomic mass is 9.90. The molecule has 8 heteroatoms. The predicted molar refractivity (Wildman–Crippen MR) is 90.7 cm³/mol. The van der Waals surface area contributed by atoms with Gasteiger partial charge < -0.3 is 10.6 Å². The van der Waals surface area contributed by atoms with Crippen molar-refractivity contribution in [3.05, 3.63) is 29.0 Å². The van der Waals surface area contributed by atoms with Crippen LogP contribution in [0.15, 0.2) is 18.2 Å². The van der Waals surface area contributed by atoms with Crippen LogP contribution in [0.1, 0.15) is 38.5 Å². The Morgan fingerprint density at radius 3 is 2.56 bits per heavy atom. The van der Waals surface area contributed by atoms with Gasteiger partial charge in [0.1, 0.15) is 17.9 Å². The first-order chi connectivity index (χ1) is 11.9. The summed E-state index contributed by atoms with van der Waals surface area (Å²) < 4.78 is 13.7. The molecule has 6 nitrogen and oxygen atoms in total. The van der Waals surface area contributed by atoms with E-state index in [0.717, 1.165) is 36.6 Å². The van der Waals surface area contributed by atoms with Crippen LogP contribution in [0, 0.1) is 5.82 Å². The molecular weight excluding hydrogens is 349 g/mol. The molecule has 1 aliphatic carbocycles. The van der Waals surface area contributed by atoms with E-state index in [1.54, 1.807) is 0 Å². The third kappa shape index (κ3) is 3.61. The summed E-state index contributed by atoms with van der Waals surface area (Å²) in [5.41, 5.74) is -0.940. The molecule has 134 valence electrons.